The minimum atomic E-state index is -0.422. The van der Waals surface area contributed by atoms with Crippen molar-refractivity contribution in [1.29, 1.82) is 0 Å². The quantitative estimate of drug-likeness (QED) is 0.299. The first-order valence-electron chi connectivity index (χ1n) is 10.5. The molecule has 4 rings (SSSR count). The number of methoxy groups -OCH3 is 3. The molecule has 2 aromatic heterocycles. The van der Waals surface area contributed by atoms with Crippen molar-refractivity contribution >= 4 is 33.4 Å². The fourth-order valence-corrected chi connectivity index (χ4v) is 4.51. The van der Waals surface area contributed by atoms with Crippen LogP contribution in [0, 0.1) is 20.8 Å². The number of fused-ring (bicyclic) bond motifs is 1. The van der Waals surface area contributed by atoms with E-state index in [1.165, 1.54) is 18.4 Å². The van der Waals surface area contributed by atoms with Crippen LogP contribution in [0.1, 0.15) is 26.5 Å². The number of hydrogen-bond donors (Lipinski definition) is 1. The smallest absolute Gasteiger partial charge is 0.350 e. The van der Waals surface area contributed by atoms with Crippen LogP contribution < -0.4 is 20.3 Å². The maximum absolute atomic E-state index is 11.9. The molecular weight excluding hydrogens is 454 g/mol. The van der Waals surface area contributed by atoms with E-state index in [9.17, 15) is 4.79 Å². The Morgan fingerprint density at radius 2 is 1.79 bits per heavy atom. The molecule has 4 aromatic rings. The number of benzene rings is 2. The lowest BCUT2D eigenvalue weighted by Gasteiger charge is -2.11. The number of carbonyl (C=O) groups excluding carboxylic acids is 1. The van der Waals surface area contributed by atoms with Crippen LogP contribution in [-0.2, 0) is 4.74 Å². The number of nitrogens with zero attached hydrogens (tertiary/aromatic N) is 2. The summed E-state index contributed by atoms with van der Waals surface area (Å²) in [6.45, 7) is 5.78. The first-order chi connectivity index (χ1) is 16.3. The van der Waals surface area contributed by atoms with Gasteiger partial charge in [0.15, 0.2) is 11.5 Å². The lowest BCUT2D eigenvalue weighted by molar-refractivity contribution is 0.0605. The summed E-state index contributed by atoms with van der Waals surface area (Å²) in [7, 11) is 4.53. The molecule has 176 valence electrons. The van der Waals surface area contributed by atoms with Gasteiger partial charge in [0.1, 0.15) is 16.2 Å². The minimum absolute atomic E-state index is 0.422. The topological polar surface area (TPSA) is 95.2 Å². The van der Waals surface area contributed by atoms with Gasteiger partial charge < -0.3 is 18.6 Å². The number of anilines is 1. The number of thiazole rings is 1. The summed E-state index contributed by atoms with van der Waals surface area (Å²) in [4.78, 5) is 16.8. The van der Waals surface area contributed by atoms with Gasteiger partial charge in [0, 0.05) is 17.0 Å². The Morgan fingerprint density at radius 3 is 2.50 bits per heavy atom. The molecule has 0 aliphatic heterocycles. The molecule has 0 saturated heterocycles. The molecule has 1 N–H and O–H groups in total. The second kappa shape index (κ2) is 9.56. The van der Waals surface area contributed by atoms with Gasteiger partial charge in [-0.25, -0.2) is 9.78 Å². The Labute approximate surface area is 200 Å². The van der Waals surface area contributed by atoms with Gasteiger partial charge in [-0.1, -0.05) is 17.4 Å². The van der Waals surface area contributed by atoms with Crippen molar-refractivity contribution in [2.45, 2.75) is 20.8 Å². The number of esters is 1. The monoisotopic (exact) mass is 479 g/mol. The van der Waals surface area contributed by atoms with Crippen LogP contribution in [0.25, 0.3) is 22.3 Å². The Morgan fingerprint density at radius 1 is 1.03 bits per heavy atom. The summed E-state index contributed by atoms with van der Waals surface area (Å²) in [5.41, 5.74) is 7.20. The molecule has 0 bridgehead atoms. The van der Waals surface area contributed by atoms with E-state index in [0.717, 1.165) is 27.7 Å². The molecule has 2 aromatic carbocycles. The maximum atomic E-state index is 11.9. The number of ether oxygens (including phenoxy) is 3. The van der Waals surface area contributed by atoms with Crippen molar-refractivity contribution in [3.05, 3.63) is 63.5 Å². The molecular formula is C25H25N3O5S. The Balaban J connectivity index is 1.86. The van der Waals surface area contributed by atoms with Crippen molar-refractivity contribution in [2.75, 3.05) is 26.8 Å². The zero-order chi connectivity index (χ0) is 24.4. The molecule has 8 nitrogen and oxygen atoms in total. The SMILES string of the molecule is COC(=O)c1sc(NN=c2cc(-c3ccc(OC)c(OC)c3)oc3c(C)cc(C)cc23)nc1C. The molecule has 0 atom stereocenters. The number of carbonyl (C=O) groups is 1. The zero-order valence-electron chi connectivity index (χ0n) is 19.8. The second-order valence-electron chi connectivity index (χ2n) is 7.67. The van der Waals surface area contributed by atoms with E-state index in [2.05, 4.69) is 21.6 Å². The Hall–Kier alpha value is -3.85. The number of aromatic nitrogens is 1. The first kappa shape index (κ1) is 23.3. The van der Waals surface area contributed by atoms with Crippen molar-refractivity contribution < 1.29 is 23.4 Å². The summed E-state index contributed by atoms with van der Waals surface area (Å²) in [6, 6.07) is 11.5. The molecule has 0 unspecified atom stereocenters. The third-order valence-electron chi connectivity index (χ3n) is 5.28. The summed E-state index contributed by atoms with van der Waals surface area (Å²) in [6.07, 6.45) is 0. The van der Waals surface area contributed by atoms with Gasteiger partial charge in [-0.15, -0.1) is 0 Å². The van der Waals surface area contributed by atoms with Crippen LogP contribution in [0.15, 0.2) is 45.9 Å². The number of nitrogens with one attached hydrogen (secondary N) is 1. The number of rotatable bonds is 6. The van der Waals surface area contributed by atoms with E-state index < -0.39 is 5.97 Å². The van der Waals surface area contributed by atoms with E-state index in [-0.39, 0.29) is 0 Å². The molecule has 2 heterocycles. The van der Waals surface area contributed by atoms with Crippen LogP contribution >= 0.6 is 11.3 Å². The molecule has 34 heavy (non-hydrogen) atoms. The van der Waals surface area contributed by atoms with Gasteiger partial charge in [-0.2, -0.15) is 5.10 Å². The predicted octanol–water partition coefficient (Wildman–Crippen LogP) is 5.21. The van der Waals surface area contributed by atoms with Crippen molar-refractivity contribution in [2.24, 2.45) is 5.10 Å². The van der Waals surface area contributed by atoms with Gasteiger partial charge in [0.2, 0.25) is 5.13 Å². The largest absolute Gasteiger partial charge is 0.493 e. The summed E-state index contributed by atoms with van der Waals surface area (Å²) in [5.74, 6) is 1.42. The van der Waals surface area contributed by atoms with Crippen LogP contribution in [0.5, 0.6) is 11.5 Å². The Bertz CT molecular complexity index is 1460. The highest BCUT2D eigenvalue weighted by atomic mass is 32.1. The fourth-order valence-electron chi connectivity index (χ4n) is 3.68. The van der Waals surface area contributed by atoms with Crippen molar-refractivity contribution in [1.82, 2.24) is 4.98 Å². The average molecular weight is 480 g/mol. The van der Waals surface area contributed by atoms with E-state index in [4.69, 9.17) is 18.6 Å². The predicted molar refractivity (Wildman–Crippen MR) is 132 cm³/mol. The molecule has 0 aliphatic carbocycles. The minimum Gasteiger partial charge on any atom is -0.493 e. The molecule has 0 amide bonds. The zero-order valence-corrected chi connectivity index (χ0v) is 20.6. The van der Waals surface area contributed by atoms with Gasteiger partial charge in [-0.3, -0.25) is 5.43 Å². The van der Waals surface area contributed by atoms with E-state index in [1.807, 2.05) is 44.2 Å². The van der Waals surface area contributed by atoms with Crippen molar-refractivity contribution in [3.63, 3.8) is 0 Å². The number of hydrogen-bond acceptors (Lipinski definition) is 9. The summed E-state index contributed by atoms with van der Waals surface area (Å²) >= 11 is 1.19. The average Bonchev–Trinajstić information content (AvgIpc) is 3.21. The summed E-state index contributed by atoms with van der Waals surface area (Å²) in [5, 5.41) is 6.64. The fraction of sp³-hybridized carbons (Fsp3) is 0.240. The van der Waals surface area contributed by atoms with Gasteiger partial charge in [0.25, 0.3) is 0 Å². The highest BCUT2D eigenvalue weighted by Crippen LogP contribution is 2.33. The maximum Gasteiger partial charge on any atom is 0.350 e. The standard InChI is InChI=1S/C25H25N3O5S/c1-13-9-14(2)22-17(10-13)18(27-28-25-26-15(3)23(34-25)24(29)32-6)12-20(33-22)16-7-8-19(30-4)21(11-16)31-5/h7-12H,1-6H3,(H,26,28). The van der Waals surface area contributed by atoms with E-state index in [1.54, 1.807) is 21.1 Å². The second-order valence-corrected chi connectivity index (χ2v) is 8.67. The highest BCUT2D eigenvalue weighted by molar-refractivity contribution is 7.17. The van der Waals surface area contributed by atoms with Gasteiger partial charge >= 0.3 is 5.97 Å². The Kier molecular flexibility index (Phi) is 6.56. The third-order valence-corrected chi connectivity index (χ3v) is 6.32. The first-order valence-corrected chi connectivity index (χ1v) is 11.3. The van der Waals surface area contributed by atoms with E-state index >= 15 is 0 Å². The molecule has 9 heteroatoms. The normalized spacial score (nSPS) is 11.5. The lowest BCUT2D eigenvalue weighted by Crippen LogP contribution is -2.08. The third kappa shape index (κ3) is 4.47. The summed E-state index contributed by atoms with van der Waals surface area (Å²) < 4.78 is 21.9. The van der Waals surface area contributed by atoms with E-state index in [0.29, 0.717) is 38.3 Å². The van der Waals surface area contributed by atoms with Gasteiger partial charge in [0.05, 0.1) is 32.4 Å². The molecule has 0 spiro atoms. The molecule has 0 aliphatic rings. The van der Waals surface area contributed by atoms with Gasteiger partial charge in [-0.05, 0) is 56.2 Å². The molecule has 0 saturated carbocycles. The van der Waals surface area contributed by atoms with Crippen molar-refractivity contribution in [3.8, 4) is 22.8 Å². The van der Waals surface area contributed by atoms with Crippen LogP contribution in [0.4, 0.5) is 5.13 Å². The molecule has 0 fully saturated rings. The van der Waals surface area contributed by atoms with Crippen LogP contribution in [0.3, 0.4) is 0 Å². The molecule has 0 radical (unpaired) electrons. The number of aryl methyl sites for hydroxylation is 3. The van der Waals surface area contributed by atoms with Crippen LogP contribution in [-0.4, -0.2) is 32.3 Å². The van der Waals surface area contributed by atoms with Crippen LogP contribution in [0.2, 0.25) is 0 Å². The highest BCUT2D eigenvalue weighted by Gasteiger charge is 2.16. The lowest BCUT2D eigenvalue weighted by atomic mass is 10.1.